The minimum absolute atomic E-state index is 0.563. The lowest BCUT2D eigenvalue weighted by atomic mass is 10.1. The molecule has 21 heavy (non-hydrogen) atoms. The van der Waals surface area contributed by atoms with Crippen molar-refractivity contribution in [2.24, 2.45) is 12.8 Å². The number of aryl methyl sites for hydroxylation is 2. The van der Waals surface area contributed by atoms with E-state index in [0.29, 0.717) is 13.2 Å². The van der Waals surface area contributed by atoms with Gasteiger partial charge >= 0.3 is 0 Å². The summed E-state index contributed by atoms with van der Waals surface area (Å²) in [6, 6.07) is 16.6. The molecule has 3 rings (SSSR count). The Bertz CT molecular complexity index is 774. The molecule has 0 unspecified atom stereocenters. The first kappa shape index (κ1) is 13.7. The maximum atomic E-state index is 5.94. The molecule has 0 aliphatic heterocycles. The maximum absolute atomic E-state index is 5.94. The summed E-state index contributed by atoms with van der Waals surface area (Å²) in [6.07, 6.45) is 0. The van der Waals surface area contributed by atoms with Crippen molar-refractivity contribution in [3.05, 3.63) is 65.4 Å². The van der Waals surface area contributed by atoms with Gasteiger partial charge in [0.05, 0.1) is 5.69 Å². The van der Waals surface area contributed by atoms with Crippen molar-refractivity contribution in [3.63, 3.8) is 0 Å². The molecule has 0 aliphatic rings. The smallest absolute Gasteiger partial charge is 0.128 e. The van der Waals surface area contributed by atoms with Gasteiger partial charge in [0, 0.05) is 19.1 Å². The van der Waals surface area contributed by atoms with Crippen molar-refractivity contribution < 1.29 is 4.74 Å². The third kappa shape index (κ3) is 2.65. The van der Waals surface area contributed by atoms with Crippen LogP contribution in [0.25, 0.3) is 10.9 Å². The van der Waals surface area contributed by atoms with Crippen LogP contribution in [0.2, 0.25) is 0 Å². The van der Waals surface area contributed by atoms with Crippen LogP contribution in [-0.4, -0.2) is 4.57 Å². The van der Waals surface area contributed by atoms with E-state index in [2.05, 4.69) is 48.9 Å². The molecule has 0 bridgehead atoms. The molecule has 0 atom stereocenters. The summed E-state index contributed by atoms with van der Waals surface area (Å²) in [4.78, 5) is 0. The molecule has 0 spiro atoms. The Kier molecular flexibility index (Phi) is 3.67. The molecule has 1 heterocycles. The largest absolute Gasteiger partial charge is 0.487 e. The van der Waals surface area contributed by atoms with E-state index >= 15 is 0 Å². The number of fused-ring (bicyclic) bond motifs is 1. The molecule has 108 valence electrons. The number of hydrogen-bond acceptors (Lipinski definition) is 2. The molecule has 3 aromatic rings. The van der Waals surface area contributed by atoms with Crippen molar-refractivity contribution in [2.45, 2.75) is 20.1 Å². The van der Waals surface area contributed by atoms with Crippen LogP contribution >= 0.6 is 0 Å². The van der Waals surface area contributed by atoms with E-state index in [0.717, 1.165) is 22.6 Å². The Labute approximate surface area is 125 Å². The van der Waals surface area contributed by atoms with E-state index < -0.39 is 0 Å². The highest BCUT2D eigenvalue weighted by atomic mass is 16.5. The van der Waals surface area contributed by atoms with E-state index in [1.54, 1.807) is 0 Å². The summed E-state index contributed by atoms with van der Waals surface area (Å²) in [5.74, 6) is 0.936. The normalized spacial score (nSPS) is 11.0. The number of nitrogens with two attached hydrogens (primary N) is 1. The molecule has 2 N–H and O–H groups in total. The molecule has 3 heteroatoms. The summed E-state index contributed by atoms with van der Waals surface area (Å²) >= 11 is 0. The number of nitrogens with zero attached hydrogens (tertiary/aromatic N) is 1. The molecule has 0 radical (unpaired) electrons. The van der Waals surface area contributed by atoms with E-state index in [-0.39, 0.29) is 0 Å². The highest BCUT2D eigenvalue weighted by Gasteiger charge is 2.07. The van der Waals surface area contributed by atoms with Crippen LogP contribution in [0.4, 0.5) is 0 Å². The SMILES string of the molecule is Cc1ccccc1OCc1cc2ccc(CN)cc2n1C. The number of ether oxygens (including phenoxy) is 1. The van der Waals surface area contributed by atoms with Crippen molar-refractivity contribution in [1.29, 1.82) is 0 Å². The molecule has 3 nitrogen and oxygen atoms in total. The first-order valence-corrected chi connectivity index (χ1v) is 7.15. The minimum Gasteiger partial charge on any atom is -0.487 e. The third-order valence-electron chi connectivity index (χ3n) is 3.91. The number of aromatic nitrogens is 1. The standard InChI is InChI=1S/C18H20N2O/c1-13-5-3-4-6-18(13)21-12-16-10-15-8-7-14(11-19)9-17(15)20(16)2/h3-10H,11-12,19H2,1-2H3. The highest BCUT2D eigenvalue weighted by molar-refractivity contribution is 5.82. The molecule has 1 aromatic heterocycles. The van der Waals surface area contributed by atoms with Crippen LogP contribution in [0, 0.1) is 6.92 Å². The van der Waals surface area contributed by atoms with Gasteiger partial charge in [-0.05, 0) is 41.6 Å². The van der Waals surface area contributed by atoms with Crippen LogP contribution in [0.5, 0.6) is 5.75 Å². The van der Waals surface area contributed by atoms with Crippen molar-refractivity contribution in [2.75, 3.05) is 0 Å². The van der Waals surface area contributed by atoms with Gasteiger partial charge in [-0.3, -0.25) is 0 Å². The van der Waals surface area contributed by atoms with Gasteiger partial charge in [-0.1, -0.05) is 30.3 Å². The maximum Gasteiger partial charge on any atom is 0.128 e. The van der Waals surface area contributed by atoms with E-state index in [1.165, 1.54) is 10.9 Å². The topological polar surface area (TPSA) is 40.2 Å². The van der Waals surface area contributed by atoms with Crippen molar-refractivity contribution in [3.8, 4) is 5.75 Å². The Morgan fingerprint density at radius 2 is 1.90 bits per heavy atom. The Hall–Kier alpha value is -2.26. The zero-order chi connectivity index (χ0) is 14.8. The molecule has 0 fully saturated rings. The second kappa shape index (κ2) is 5.62. The van der Waals surface area contributed by atoms with Gasteiger partial charge in [-0.15, -0.1) is 0 Å². The van der Waals surface area contributed by atoms with Gasteiger partial charge in [0.2, 0.25) is 0 Å². The van der Waals surface area contributed by atoms with Gasteiger partial charge in [0.15, 0.2) is 0 Å². The summed E-state index contributed by atoms with van der Waals surface area (Å²) < 4.78 is 8.12. The first-order chi connectivity index (χ1) is 10.2. The average Bonchev–Trinajstić information content (AvgIpc) is 2.82. The molecule has 0 saturated carbocycles. The molecular weight excluding hydrogens is 260 g/mol. The lowest BCUT2D eigenvalue weighted by Gasteiger charge is -2.09. The summed E-state index contributed by atoms with van der Waals surface area (Å²) in [5, 5.41) is 1.22. The van der Waals surface area contributed by atoms with Crippen LogP contribution in [0.15, 0.2) is 48.5 Å². The van der Waals surface area contributed by atoms with E-state index in [1.807, 2.05) is 18.2 Å². The molecule has 2 aromatic carbocycles. The quantitative estimate of drug-likeness (QED) is 0.794. The third-order valence-corrected chi connectivity index (χ3v) is 3.91. The van der Waals surface area contributed by atoms with E-state index in [4.69, 9.17) is 10.5 Å². The zero-order valence-corrected chi connectivity index (χ0v) is 12.5. The number of benzene rings is 2. The van der Waals surface area contributed by atoms with Crippen molar-refractivity contribution >= 4 is 10.9 Å². The lowest BCUT2D eigenvalue weighted by Crippen LogP contribution is -2.03. The minimum atomic E-state index is 0.563. The molecule has 0 aliphatic carbocycles. The fourth-order valence-electron chi connectivity index (χ4n) is 2.57. The van der Waals surface area contributed by atoms with Gasteiger partial charge in [0.1, 0.15) is 12.4 Å². The predicted octanol–water partition coefficient (Wildman–Crippen LogP) is 3.52. The Balaban J connectivity index is 1.87. The monoisotopic (exact) mass is 280 g/mol. The summed E-state index contributed by atoms with van der Waals surface area (Å²) in [6.45, 7) is 3.19. The highest BCUT2D eigenvalue weighted by Crippen LogP contribution is 2.23. The molecule has 0 saturated heterocycles. The Morgan fingerprint density at radius 1 is 1.10 bits per heavy atom. The van der Waals surface area contributed by atoms with Crippen LogP contribution in [-0.2, 0) is 20.2 Å². The van der Waals surface area contributed by atoms with Gasteiger partial charge < -0.3 is 15.0 Å². The van der Waals surface area contributed by atoms with Crippen LogP contribution in [0.3, 0.4) is 0 Å². The van der Waals surface area contributed by atoms with Gasteiger partial charge in [0.25, 0.3) is 0 Å². The van der Waals surface area contributed by atoms with Crippen LogP contribution in [0.1, 0.15) is 16.8 Å². The zero-order valence-electron chi connectivity index (χ0n) is 12.5. The molecular formula is C18H20N2O. The molecule has 0 amide bonds. The number of rotatable bonds is 4. The average molecular weight is 280 g/mol. The fraction of sp³-hybridized carbons (Fsp3) is 0.222. The van der Waals surface area contributed by atoms with Crippen LogP contribution < -0.4 is 10.5 Å². The fourth-order valence-corrected chi connectivity index (χ4v) is 2.57. The van der Waals surface area contributed by atoms with Gasteiger partial charge in [-0.2, -0.15) is 0 Å². The number of para-hydroxylation sites is 1. The second-order valence-electron chi connectivity index (χ2n) is 5.35. The number of hydrogen-bond donors (Lipinski definition) is 1. The van der Waals surface area contributed by atoms with Crippen molar-refractivity contribution in [1.82, 2.24) is 4.57 Å². The lowest BCUT2D eigenvalue weighted by molar-refractivity contribution is 0.296. The van der Waals surface area contributed by atoms with E-state index in [9.17, 15) is 0 Å². The summed E-state index contributed by atoms with van der Waals surface area (Å²) in [5.41, 5.74) is 10.4. The summed E-state index contributed by atoms with van der Waals surface area (Å²) in [7, 11) is 2.07. The first-order valence-electron chi connectivity index (χ1n) is 7.15. The van der Waals surface area contributed by atoms with Gasteiger partial charge in [-0.25, -0.2) is 0 Å². The Morgan fingerprint density at radius 3 is 2.67 bits per heavy atom. The predicted molar refractivity (Wildman–Crippen MR) is 86.3 cm³/mol. The second-order valence-corrected chi connectivity index (χ2v) is 5.35.